The van der Waals surface area contributed by atoms with Crippen LogP contribution in [0.1, 0.15) is 34.1 Å². The number of hydrogen-bond donors (Lipinski definition) is 0. The zero-order valence-corrected chi connectivity index (χ0v) is 13.5. The topological polar surface area (TPSA) is 29.5 Å². The van der Waals surface area contributed by atoms with Gasteiger partial charge in [0.05, 0.1) is 5.69 Å². The van der Waals surface area contributed by atoms with Crippen LogP contribution in [0.3, 0.4) is 0 Å². The molecule has 0 aromatic heterocycles. The normalized spacial score (nSPS) is 19.2. The van der Waals surface area contributed by atoms with E-state index in [-0.39, 0.29) is 5.97 Å². The molecule has 1 unspecified atom stereocenters. The number of fused-ring (bicyclic) bond motifs is 1. The molecular weight excluding hydrogens is 270 g/mol. The highest BCUT2D eigenvalue weighted by Gasteiger charge is 2.23. The van der Waals surface area contributed by atoms with Crippen molar-refractivity contribution in [1.29, 1.82) is 0 Å². The number of ether oxygens (including phenoxy) is 1. The minimum atomic E-state index is -0.426. The first-order valence-corrected chi connectivity index (χ1v) is 7.95. The minimum absolute atomic E-state index is 0.160. The molecule has 2 rings (SSSR count). The van der Waals surface area contributed by atoms with Gasteiger partial charge in [0.1, 0.15) is 12.1 Å². The number of rotatable bonds is 2. The molecule has 1 atom stereocenters. The summed E-state index contributed by atoms with van der Waals surface area (Å²) in [6, 6.07) is 8.29. The lowest BCUT2D eigenvalue weighted by Crippen LogP contribution is -2.35. The summed E-state index contributed by atoms with van der Waals surface area (Å²) < 4.78 is 5.44. The third-order valence-electron chi connectivity index (χ3n) is 3.08. The zero-order valence-electron chi connectivity index (χ0n) is 12.7. The average molecular weight is 293 g/mol. The molecule has 110 valence electrons. The zero-order chi connectivity index (χ0) is 14.8. The Morgan fingerprint density at radius 3 is 2.80 bits per heavy atom. The number of nitrogens with zero attached hydrogens (tertiary/aromatic N) is 1. The number of para-hydroxylation sites is 1. The Morgan fingerprint density at radius 1 is 1.40 bits per heavy atom. The summed E-state index contributed by atoms with van der Waals surface area (Å²) in [5, 5.41) is 0.569. The van der Waals surface area contributed by atoms with Crippen LogP contribution in [0, 0.1) is 0 Å². The van der Waals surface area contributed by atoms with Crippen LogP contribution in [0.5, 0.6) is 0 Å². The maximum atomic E-state index is 12.1. The fourth-order valence-corrected chi connectivity index (χ4v) is 3.38. The van der Waals surface area contributed by atoms with E-state index in [2.05, 4.69) is 30.0 Å². The number of carbonyl (C=O) groups excluding carboxylic acids is 1. The predicted molar refractivity (Wildman–Crippen MR) is 84.4 cm³/mol. The summed E-state index contributed by atoms with van der Waals surface area (Å²) in [5.41, 5.74) is 0.720. The summed E-state index contributed by atoms with van der Waals surface area (Å²) in [5.74, 6) is -0.160. The van der Waals surface area contributed by atoms with Crippen LogP contribution in [0.15, 0.2) is 29.2 Å². The number of carbonyl (C=O) groups is 1. The van der Waals surface area contributed by atoms with Crippen molar-refractivity contribution in [3.05, 3.63) is 24.3 Å². The van der Waals surface area contributed by atoms with E-state index in [4.69, 9.17) is 4.74 Å². The monoisotopic (exact) mass is 293 g/mol. The summed E-state index contributed by atoms with van der Waals surface area (Å²) in [4.78, 5) is 15.4. The number of benzene rings is 1. The number of hydrogen-bond acceptors (Lipinski definition) is 4. The fourth-order valence-electron chi connectivity index (χ4n) is 2.25. The first-order chi connectivity index (χ1) is 9.35. The van der Waals surface area contributed by atoms with E-state index in [0.717, 1.165) is 18.7 Å². The van der Waals surface area contributed by atoms with Gasteiger partial charge in [0.15, 0.2) is 0 Å². The van der Waals surface area contributed by atoms with Gasteiger partial charge in [0.2, 0.25) is 0 Å². The van der Waals surface area contributed by atoms with Crippen molar-refractivity contribution in [2.24, 2.45) is 0 Å². The van der Waals surface area contributed by atoms with Gasteiger partial charge >= 0.3 is 5.97 Å². The van der Waals surface area contributed by atoms with Crippen LogP contribution < -0.4 is 4.90 Å². The van der Waals surface area contributed by atoms with Crippen LogP contribution in [-0.2, 0) is 9.53 Å². The highest BCUT2D eigenvalue weighted by molar-refractivity contribution is 8.00. The van der Waals surface area contributed by atoms with Crippen LogP contribution in [0.4, 0.5) is 5.69 Å². The van der Waals surface area contributed by atoms with E-state index in [1.165, 1.54) is 4.90 Å². The molecule has 0 fully saturated rings. The lowest BCUT2D eigenvalue weighted by molar-refractivity contribution is -0.153. The molecule has 20 heavy (non-hydrogen) atoms. The van der Waals surface area contributed by atoms with E-state index >= 15 is 0 Å². The van der Waals surface area contributed by atoms with Crippen LogP contribution in [0.25, 0.3) is 0 Å². The van der Waals surface area contributed by atoms with Crippen molar-refractivity contribution in [1.82, 2.24) is 0 Å². The van der Waals surface area contributed by atoms with E-state index in [1.54, 1.807) is 0 Å². The van der Waals surface area contributed by atoms with Crippen molar-refractivity contribution < 1.29 is 9.53 Å². The van der Waals surface area contributed by atoms with Gasteiger partial charge in [-0.2, -0.15) is 0 Å². The Labute approximate surface area is 125 Å². The largest absolute Gasteiger partial charge is 0.459 e. The molecule has 1 aliphatic rings. The first-order valence-electron chi connectivity index (χ1n) is 7.07. The molecule has 1 aromatic carbocycles. The maximum absolute atomic E-state index is 12.1. The molecular formula is C16H23NO2S. The summed E-state index contributed by atoms with van der Waals surface area (Å²) >= 11 is 1.88. The Balaban J connectivity index is 2.14. The number of thioether (sulfide) groups is 1. The van der Waals surface area contributed by atoms with E-state index in [0.29, 0.717) is 11.8 Å². The van der Waals surface area contributed by atoms with Gasteiger partial charge in [-0.25, -0.2) is 0 Å². The standard InChI is InChI=1S/C16H23NO2S/c1-12-9-10-17(11-15(18)19-16(2,3)4)13-7-5-6-8-14(13)20-12/h5-8,12H,9-11H2,1-4H3. The Morgan fingerprint density at radius 2 is 2.10 bits per heavy atom. The van der Waals surface area contributed by atoms with E-state index < -0.39 is 5.60 Å². The molecule has 1 heterocycles. The Hall–Kier alpha value is -1.16. The van der Waals surface area contributed by atoms with Gasteiger partial charge < -0.3 is 9.64 Å². The van der Waals surface area contributed by atoms with Crippen LogP contribution in [-0.4, -0.2) is 29.9 Å². The molecule has 0 saturated heterocycles. The van der Waals surface area contributed by atoms with E-state index in [1.807, 2.05) is 38.6 Å². The summed E-state index contributed by atoms with van der Waals surface area (Å²) in [7, 11) is 0. The maximum Gasteiger partial charge on any atom is 0.326 e. The first kappa shape index (κ1) is 15.2. The minimum Gasteiger partial charge on any atom is -0.459 e. The fraction of sp³-hybridized carbons (Fsp3) is 0.562. The van der Waals surface area contributed by atoms with Gasteiger partial charge in [-0.3, -0.25) is 4.79 Å². The number of anilines is 1. The molecule has 3 nitrogen and oxygen atoms in total. The van der Waals surface area contributed by atoms with Gasteiger partial charge in [-0.15, -0.1) is 11.8 Å². The average Bonchev–Trinajstić information content (AvgIpc) is 2.47. The van der Waals surface area contributed by atoms with Crippen molar-refractivity contribution in [3.63, 3.8) is 0 Å². The summed E-state index contributed by atoms with van der Waals surface area (Å²) in [6.45, 7) is 9.15. The van der Waals surface area contributed by atoms with Crippen molar-refractivity contribution in [2.45, 2.75) is 49.9 Å². The molecule has 0 N–H and O–H groups in total. The van der Waals surface area contributed by atoms with Gasteiger partial charge in [0.25, 0.3) is 0 Å². The molecule has 0 saturated carbocycles. The highest BCUT2D eigenvalue weighted by atomic mass is 32.2. The quantitative estimate of drug-likeness (QED) is 0.777. The van der Waals surface area contributed by atoms with Crippen LogP contribution >= 0.6 is 11.8 Å². The Bertz CT molecular complexity index is 482. The smallest absolute Gasteiger partial charge is 0.326 e. The SMILES string of the molecule is CC1CCN(CC(=O)OC(C)(C)C)c2ccccc2S1. The van der Waals surface area contributed by atoms with Crippen molar-refractivity contribution in [2.75, 3.05) is 18.0 Å². The van der Waals surface area contributed by atoms with Gasteiger partial charge in [0, 0.05) is 16.7 Å². The summed E-state index contributed by atoms with van der Waals surface area (Å²) in [6.07, 6.45) is 1.07. The molecule has 1 aliphatic heterocycles. The molecule has 0 bridgehead atoms. The molecule has 0 radical (unpaired) electrons. The molecule has 0 aliphatic carbocycles. The second-order valence-corrected chi connectivity index (χ2v) is 7.67. The molecule has 1 aromatic rings. The lowest BCUT2D eigenvalue weighted by atomic mass is 10.2. The van der Waals surface area contributed by atoms with Gasteiger partial charge in [-0.05, 0) is 39.3 Å². The van der Waals surface area contributed by atoms with Crippen molar-refractivity contribution in [3.8, 4) is 0 Å². The van der Waals surface area contributed by atoms with Gasteiger partial charge in [-0.1, -0.05) is 19.1 Å². The van der Waals surface area contributed by atoms with E-state index in [9.17, 15) is 4.79 Å². The molecule has 0 amide bonds. The van der Waals surface area contributed by atoms with Crippen molar-refractivity contribution >= 4 is 23.4 Å². The third-order valence-corrected chi connectivity index (χ3v) is 4.32. The molecule has 0 spiro atoms. The lowest BCUT2D eigenvalue weighted by Gasteiger charge is -2.26. The second kappa shape index (κ2) is 6.08. The predicted octanol–water partition coefficient (Wildman–Crippen LogP) is 3.72. The highest BCUT2D eigenvalue weighted by Crippen LogP contribution is 2.37. The Kier molecular flexibility index (Phi) is 4.63. The van der Waals surface area contributed by atoms with Crippen LogP contribution in [0.2, 0.25) is 0 Å². The third kappa shape index (κ3) is 4.17. The number of esters is 1. The molecule has 4 heteroatoms. The second-order valence-electron chi connectivity index (χ2n) is 6.19.